The summed E-state index contributed by atoms with van der Waals surface area (Å²) in [6, 6.07) is 90.7. The lowest BCUT2D eigenvalue weighted by Gasteiger charge is -2.35. The van der Waals surface area contributed by atoms with Gasteiger partial charge in [-0.1, -0.05) is 170 Å². The molecule has 0 N–H and O–H groups in total. The average molecular weight is 1330 g/mol. The predicted molar refractivity (Wildman–Crippen MR) is 406 cm³/mol. The van der Waals surface area contributed by atoms with Crippen molar-refractivity contribution in [1.29, 1.82) is 0 Å². The van der Waals surface area contributed by atoms with E-state index in [1.54, 1.807) is 28.4 Å². The molecule has 0 unspecified atom stereocenters. The van der Waals surface area contributed by atoms with Gasteiger partial charge in [0.05, 0.1) is 63.9 Å². The van der Waals surface area contributed by atoms with Crippen LogP contribution in [0.2, 0.25) is 0 Å². The summed E-state index contributed by atoms with van der Waals surface area (Å²) in [7, 11) is 6.90. The zero-order valence-electron chi connectivity index (χ0n) is 57.0. The van der Waals surface area contributed by atoms with Crippen LogP contribution in [0.5, 0.6) is 0 Å². The van der Waals surface area contributed by atoms with E-state index in [-0.39, 0.29) is 0 Å². The number of thiophene rings is 1. The Hall–Kier alpha value is -9.08. The van der Waals surface area contributed by atoms with Crippen LogP contribution in [0.4, 0.5) is 17.1 Å². The molecule has 13 aromatic rings. The number of ether oxygens (including phenoxy) is 8. The first-order valence-electron chi connectivity index (χ1n) is 34.7. The second kappa shape index (κ2) is 29.8. The highest BCUT2D eigenvalue weighted by Crippen LogP contribution is 2.57. The maximum Gasteiger partial charge on any atom is 0.0700 e. The van der Waals surface area contributed by atoms with Crippen molar-refractivity contribution in [3.05, 3.63) is 265 Å². The molecule has 0 fully saturated rings. The quantitative estimate of drug-likeness (QED) is 0.0395. The number of anilines is 3. The fraction of sp³-hybridized carbons (Fsp3) is 0.250. The number of rotatable bonds is 31. The Balaban J connectivity index is 0.885. The Morgan fingerprint density at radius 1 is 0.303 bits per heavy atom. The molecular formula is C88H84N2O8S. The van der Waals surface area contributed by atoms with Gasteiger partial charge in [-0.05, 0) is 176 Å². The number of para-hydroxylation sites is 1. The van der Waals surface area contributed by atoms with Gasteiger partial charge < -0.3 is 47.4 Å². The molecule has 15 rings (SSSR count). The van der Waals surface area contributed by atoms with E-state index < -0.39 is 10.8 Å². The van der Waals surface area contributed by atoms with Crippen molar-refractivity contribution < 1.29 is 37.9 Å². The first-order valence-corrected chi connectivity index (χ1v) is 35.6. The van der Waals surface area contributed by atoms with Gasteiger partial charge >= 0.3 is 0 Å². The minimum Gasteiger partial charge on any atom is -0.382 e. The van der Waals surface area contributed by atoms with Crippen LogP contribution in [0.15, 0.2) is 243 Å². The average Bonchev–Trinajstić information content (AvgIpc) is 1.58. The molecule has 11 aromatic carbocycles. The normalized spacial score (nSPS) is 13.4. The van der Waals surface area contributed by atoms with Crippen LogP contribution in [-0.4, -0.2) is 112 Å². The monoisotopic (exact) mass is 1330 g/mol. The number of hydrogen-bond donors (Lipinski definition) is 0. The number of aromatic nitrogens is 1. The van der Waals surface area contributed by atoms with Gasteiger partial charge in [0.1, 0.15) is 0 Å². The van der Waals surface area contributed by atoms with Gasteiger partial charge in [-0.25, -0.2) is 0 Å². The lowest BCUT2D eigenvalue weighted by atomic mass is 9.73. The largest absolute Gasteiger partial charge is 0.382 e. The SMILES string of the molecule is COCCOCCC1(CCOCCOC)c2ccccc2-c2ccc(N(c3ccc(-c4ccc5c(c4)c4ccccc4n5-c4ccc(-c5cccc6c5sc5ccccc56)cc4)c(-c4ccccc4)c3)c3ccc4c(c3)C(CCOCCOC)(CCOCCOC)c3ccccc3-4)cc21. The van der Waals surface area contributed by atoms with E-state index in [1.807, 2.05) is 11.3 Å². The second-order valence-corrected chi connectivity index (χ2v) is 27.0. The minimum absolute atomic E-state index is 0.437. The smallest absolute Gasteiger partial charge is 0.0700 e. The van der Waals surface area contributed by atoms with Crippen molar-refractivity contribution >= 4 is 70.4 Å². The van der Waals surface area contributed by atoms with Gasteiger partial charge in [-0.15, -0.1) is 11.3 Å². The molecule has 0 radical (unpaired) electrons. The molecule has 2 aromatic heterocycles. The summed E-state index contributed by atoms with van der Waals surface area (Å²) in [6.45, 7) is 6.36. The van der Waals surface area contributed by atoms with Gasteiger partial charge in [-0.3, -0.25) is 0 Å². The summed E-state index contributed by atoms with van der Waals surface area (Å²) in [5.41, 5.74) is 22.7. The van der Waals surface area contributed by atoms with E-state index in [9.17, 15) is 0 Å². The Kier molecular flexibility index (Phi) is 19.8. The maximum atomic E-state index is 6.41. The van der Waals surface area contributed by atoms with Crippen LogP contribution in [0, 0.1) is 0 Å². The van der Waals surface area contributed by atoms with Crippen LogP contribution in [-0.2, 0) is 48.7 Å². The Morgan fingerprint density at radius 3 is 1.32 bits per heavy atom. The molecule has 11 heteroatoms. The third-order valence-corrected chi connectivity index (χ3v) is 21.8. The van der Waals surface area contributed by atoms with E-state index in [2.05, 4.69) is 252 Å². The number of methoxy groups -OCH3 is 4. The molecule has 99 heavy (non-hydrogen) atoms. The van der Waals surface area contributed by atoms with E-state index >= 15 is 0 Å². The number of benzene rings is 11. The summed E-state index contributed by atoms with van der Waals surface area (Å²) in [4.78, 5) is 2.50. The van der Waals surface area contributed by atoms with Gasteiger partial charge in [-0.2, -0.15) is 0 Å². The van der Waals surface area contributed by atoms with Gasteiger partial charge in [0.2, 0.25) is 0 Å². The summed E-state index contributed by atoms with van der Waals surface area (Å²) in [5, 5.41) is 5.01. The molecule has 10 nitrogen and oxygen atoms in total. The molecule has 0 spiro atoms. The van der Waals surface area contributed by atoms with Gasteiger partial charge in [0, 0.05) is 119 Å². The fourth-order valence-electron chi connectivity index (χ4n) is 15.9. The highest BCUT2D eigenvalue weighted by Gasteiger charge is 2.45. The standard InChI is InChI=1S/C88H84N2O8S/c1-91-49-53-95-45-41-87(42-46-96-54-50-92-2)79-25-12-8-19-70(79)72-38-35-66(59-81(72)87)89(67-36-39-73-71-20-9-13-26-80(71)88(82(73)60-67,43-47-97-55-51-93-3)44-48-98-56-52-94-4)65-34-37-68(77(58-65)61-17-6-5-7-18-61)63-31-40-84-78(57-63)74-21-10-14-27-83(74)90(84)64-32-29-62(30-33-64)69-23-16-24-76-75-22-11-15-28-85(75)99-86(69)76/h5-40,57-60H,41-56H2,1-4H3. The van der Waals surface area contributed by atoms with Crippen molar-refractivity contribution in [3.63, 3.8) is 0 Å². The molecule has 2 aliphatic carbocycles. The summed E-state index contributed by atoms with van der Waals surface area (Å²) in [5.74, 6) is 0. The molecule has 0 saturated carbocycles. The Labute approximate surface area is 584 Å². The molecule has 2 heterocycles. The molecule has 0 atom stereocenters. The van der Waals surface area contributed by atoms with Gasteiger partial charge in [0.15, 0.2) is 0 Å². The first-order chi connectivity index (χ1) is 48.9. The molecule has 0 bridgehead atoms. The molecule has 2 aliphatic rings. The zero-order chi connectivity index (χ0) is 67.1. The topological polar surface area (TPSA) is 82.0 Å². The van der Waals surface area contributed by atoms with Crippen molar-refractivity contribution in [2.24, 2.45) is 0 Å². The molecular weight excluding hydrogens is 1250 g/mol. The first kappa shape index (κ1) is 65.8. The molecule has 0 aliphatic heterocycles. The van der Waals surface area contributed by atoms with Crippen LogP contribution in [0.3, 0.4) is 0 Å². The Morgan fingerprint density at radius 2 is 0.747 bits per heavy atom. The minimum atomic E-state index is -0.437. The van der Waals surface area contributed by atoms with Crippen LogP contribution in [0.25, 0.3) is 103 Å². The number of fused-ring (bicyclic) bond motifs is 12. The second-order valence-electron chi connectivity index (χ2n) is 26.0. The van der Waals surface area contributed by atoms with Crippen molar-refractivity contribution in [2.45, 2.75) is 36.5 Å². The summed E-state index contributed by atoms with van der Waals surface area (Å²) >= 11 is 1.87. The Bertz CT molecular complexity index is 4820. The number of nitrogens with zero attached hydrogens (tertiary/aromatic N) is 2. The van der Waals surface area contributed by atoms with Gasteiger partial charge in [0.25, 0.3) is 0 Å². The third-order valence-electron chi connectivity index (χ3n) is 20.6. The predicted octanol–water partition coefficient (Wildman–Crippen LogP) is 20.4. The summed E-state index contributed by atoms with van der Waals surface area (Å²) < 4.78 is 52.6. The number of hydrogen-bond acceptors (Lipinski definition) is 10. The maximum absolute atomic E-state index is 6.41. The summed E-state index contributed by atoms with van der Waals surface area (Å²) in [6.07, 6.45) is 3.01. The van der Waals surface area contributed by atoms with E-state index in [4.69, 9.17) is 37.9 Å². The van der Waals surface area contributed by atoms with Crippen molar-refractivity contribution in [3.8, 4) is 61.3 Å². The fourth-order valence-corrected chi connectivity index (χ4v) is 17.1. The highest BCUT2D eigenvalue weighted by molar-refractivity contribution is 7.26. The lowest BCUT2D eigenvalue weighted by Crippen LogP contribution is -2.30. The molecule has 0 amide bonds. The lowest BCUT2D eigenvalue weighted by molar-refractivity contribution is 0.0490. The highest BCUT2D eigenvalue weighted by atomic mass is 32.1. The molecule has 500 valence electrons. The van der Waals surface area contributed by atoms with E-state index in [1.165, 1.54) is 86.6 Å². The van der Waals surface area contributed by atoms with Crippen LogP contribution >= 0.6 is 11.3 Å². The van der Waals surface area contributed by atoms with E-state index in [0.717, 1.165) is 81.7 Å². The van der Waals surface area contributed by atoms with Crippen molar-refractivity contribution in [1.82, 2.24) is 4.57 Å². The van der Waals surface area contributed by atoms with Crippen LogP contribution in [0.1, 0.15) is 47.9 Å². The molecule has 0 saturated heterocycles. The third kappa shape index (κ3) is 12.6. The van der Waals surface area contributed by atoms with Crippen LogP contribution < -0.4 is 4.90 Å². The zero-order valence-corrected chi connectivity index (χ0v) is 57.8. The van der Waals surface area contributed by atoms with E-state index in [0.29, 0.717) is 79.3 Å². The van der Waals surface area contributed by atoms with Crippen molar-refractivity contribution in [2.75, 3.05) is 113 Å².